The van der Waals surface area contributed by atoms with E-state index in [2.05, 4.69) is 50.5 Å². The lowest BCUT2D eigenvalue weighted by Gasteiger charge is -2.25. The predicted molar refractivity (Wildman–Crippen MR) is 308 cm³/mol. The van der Waals surface area contributed by atoms with Crippen LogP contribution in [0.1, 0.15) is 95.7 Å². The molecule has 0 fully saturated rings. The standard InChI is InChI=1S/C33H36F3N7O6.C25H20F3N7O6.2ClH/c1-31(2,3)48-22-13-7-18(8-14-22)15-23(28(46)49-32(4,5)6)40-26(44)19-9-11-21(12-10-19)43(29(47)33(34,35)36)17-20-16-38-25-24(39-20)27(45)42-30(37)41-25;26-25(27,28)23(41)35(11-14-10-30-19-18(31-14)21(38)34-24(29)33-19)15-5-3-13(4-6-15)20(37)32-17(22(39)40)9-12-1-7-16(36)8-2-12;;/h7-14,16,23H,15,17H2,1-6H3,(H,40,44)(H3,37,38,41,42,45);1-8,10,17,36H,9,11H2,(H,32,37)(H,39,40)(H3,29,30,33,34,38);2*1H/t23-;17-;;/m00../s1/i7D,8D,13D,14D;1D,2D,7D,8D;;. The van der Waals surface area contributed by atoms with E-state index >= 15 is 0 Å². The molecule has 0 saturated carbocycles. The van der Waals surface area contributed by atoms with Crippen molar-refractivity contribution < 1.29 is 121 Å². The number of carbonyl (C=O) groups is 6. The maximum absolute atomic E-state index is 13.7. The number of hydrogen-bond donors (Lipinski definition) is 8. The van der Waals surface area contributed by atoms with Gasteiger partial charge in [-0.1, -0.05) is 24.2 Å². The number of carbonyl (C=O) groups excluding carboxylic acids is 5. The molecule has 0 aliphatic rings. The minimum Gasteiger partial charge on any atom is -1.00 e. The molecule has 0 saturated heterocycles. The smallest absolute Gasteiger partial charge is 0.471 e. The van der Waals surface area contributed by atoms with Crippen molar-refractivity contribution in [2.75, 3.05) is 21.3 Å². The van der Waals surface area contributed by atoms with Crippen LogP contribution in [0.25, 0.3) is 22.3 Å². The monoisotopic (exact) mass is 1330 g/mol. The summed E-state index contributed by atoms with van der Waals surface area (Å²) in [6.45, 7) is 8.16. The number of ether oxygens (including phenoxy) is 2. The molecule has 0 aliphatic heterocycles. The normalized spacial score (nSPS) is 13.3. The number of nitrogens with zero attached hydrogens (tertiary/aromatic N) is 6. The van der Waals surface area contributed by atoms with Crippen molar-refractivity contribution >= 4 is 81.2 Å². The Morgan fingerprint density at radius 1 is 0.609 bits per heavy atom. The molecule has 4 heterocycles. The molecule has 0 aliphatic carbocycles. The van der Waals surface area contributed by atoms with E-state index < -0.39 is 168 Å². The van der Waals surface area contributed by atoms with Crippen molar-refractivity contribution in [3.05, 3.63) is 164 Å². The van der Waals surface area contributed by atoms with Crippen LogP contribution in [-0.2, 0) is 49.8 Å². The maximum Gasteiger partial charge on any atom is 0.471 e. The number of halogens is 8. The topological polar surface area (TPSA) is 389 Å². The van der Waals surface area contributed by atoms with E-state index in [0.717, 1.165) is 60.9 Å². The zero-order valence-electron chi connectivity index (χ0n) is 56.6. The van der Waals surface area contributed by atoms with Gasteiger partial charge < -0.3 is 66.6 Å². The second-order valence-electron chi connectivity index (χ2n) is 21.1. The fraction of sp³-hybridized carbons (Fsp3) is 0.276. The van der Waals surface area contributed by atoms with Crippen LogP contribution < -0.4 is 82.5 Å². The van der Waals surface area contributed by atoms with E-state index in [1.165, 1.54) is 0 Å². The first-order valence-electron chi connectivity index (χ1n) is 30.1. The summed E-state index contributed by atoms with van der Waals surface area (Å²) in [6, 6.07) is -0.0814. The van der Waals surface area contributed by atoms with Gasteiger partial charge in [-0.2, -0.15) is 26.3 Å². The van der Waals surface area contributed by atoms with Crippen LogP contribution >= 0.6 is 0 Å². The summed E-state index contributed by atoms with van der Waals surface area (Å²) in [5, 5.41) is 23.9. The Bertz CT molecular complexity index is 4580. The number of anilines is 4. The third-order valence-corrected chi connectivity index (χ3v) is 11.7. The van der Waals surface area contributed by atoms with E-state index in [9.17, 15) is 74.9 Å². The summed E-state index contributed by atoms with van der Waals surface area (Å²) in [7, 11) is 0. The first-order chi connectivity index (χ1) is 45.3. The number of carboxylic acid groups (broad SMARTS) is 1. The molecule has 4 aromatic carbocycles. The number of H-pyrrole nitrogens is 4. The predicted octanol–water partition coefficient (Wildman–Crippen LogP) is -1.38. The number of esters is 1. The van der Waals surface area contributed by atoms with Crippen LogP contribution in [0.4, 0.5) is 49.6 Å². The number of rotatable bonds is 17. The van der Waals surface area contributed by atoms with Gasteiger partial charge >= 0.3 is 59.3 Å². The largest absolute Gasteiger partial charge is 1.00 e. The van der Waals surface area contributed by atoms with Gasteiger partial charge in [0.15, 0.2) is 0 Å². The van der Waals surface area contributed by atoms with Crippen LogP contribution in [0.5, 0.6) is 11.5 Å². The number of phenolic OH excluding ortho intramolecular Hbond substituents is 1. The molecule has 0 bridgehead atoms. The Morgan fingerprint density at radius 3 is 1.36 bits per heavy atom. The Balaban J connectivity index is 0.000000358. The molecule has 0 radical (unpaired) electrons. The highest BCUT2D eigenvalue weighted by atomic mass is 35.5. The first-order valence-corrected chi connectivity index (χ1v) is 26.1. The third kappa shape index (κ3) is 19.7. The van der Waals surface area contributed by atoms with Crippen LogP contribution in [0, 0.1) is 0 Å². The summed E-state index contributed by atoms with van der Waals surface area (Å²) in [5.74, 6) is -10.8. The number of aromatic nitrogens is 8. The average molecular weight is 1340 g/mol. The molecule has 34 heteroatoms. The lowest BCUT2D eigenvalue weighted by Crippen LogP contribution is -3.00. The van der Waals surface area contributed by atoms with E-state index in [-0.39, 0.29) is 109 Å². The van der Waals surface area contributed by atoms with Gasteiger partial charge in [-0.25, -0.2) is 29.5 Å². The summed E-state index contributed by atoms with van der Waals surface area (Å²) >= 11 is 0. The molecule has 0 spiro atoms. The quantitative estimate of drug-likeness (QED) is 0.0385. The maximum atomic E-state index is 13.7. The van der Waals surface area contributed by atoms with Gasteiger partial charge in [-0.3, -0.25) is 48.5 Å². The number of aliphatic carboxylic acids is 1. The Kier molecular flexibility index (Phi) is 19.3. The minimum absolute atomic E-state index is 0. The number of phenols is 1. The number of benzene rings is 4. The highest BCUT2D eigenvalue weighted by Gasteiger charge is 2.45. The molecule has 12 N–H and O–H groups in total. The second kappa shape index (κ2) is 29.4. The van der Waals surface area contributed by atoms with E-state index in [1.54, 1.807) is 41.5 Å². The van der Waals surface area contributed by atoms with E-state index in [1.807, 2.05) is 0 Å². The number of aromatic amines is 4. The molecular formula is C58H58Cl2F6N14O12. The number of nitrogen functional groups attached to an aromatic ring is 2. The van der Waals surface area contributed by atoms with Crippen LogP contribution in [-0.4, -0.2) is 111 Å². The Labute approximate surface area is 540 Å². The zero-order chi connectivity index (χ0) is 73.2. The molecule has 26 nitrogen and oxygen atoms in total. The van der Waals surface area contributed by atoms with E-state index in [0.29, 0.717) is 4.90 Å². The third-order valence-electron chi connectivity index (χ3n) is 11.7. The molecule has 0 unspecified atom stereocenters. The number of carboxylic acids is 1. The van der Waals surface area contributed by atoms with Gasteiger partial charge in [0.25, 0.3) is 22.9 Å². The summed E-state index contributed by atoms with van der Waals surface area (Å²) in [5.41, 5.74) is 4.84. The molecule has 4 aromatic heterocycles. The van der Waals surface area contributed by atoms with Crippen molar-refractivity contribution in [3.63, 3.8) is 0 Å². The number of alkyl halides is 6. The molecule has 4 amide bonds. The molecule has 8 rings (SSSR count). The Morgan fingerprint density at radius 2 is 0.989 bits per heavy atom. The van der Waals surface area contributed by atoms with Crippen LogP contribution in [0.15, 0.2) is 119 Å². The zero-order valence-corrected chi connectivity index (χ0v) is 50.1. The lowest BCUT2D eigenvalue weighted by molar-refractivity contribution is -0.349. The van der Waals surface area contributed by atoms with Gasteiger partial charge in [0.1, 0.15) is 58.6 Å². The highest BCUT2D eigenvalue weighted by Crippen LogP contribution is 2.29. The van der Waals surface area contributed by atoms with Gasteiger partial charge in [0.05, 0.1) is 24.1 Å². The fourth-order valence-corrected chi connectivity index (χ4v) is 7.85. The molecule has 488 valence electrons. The van der Waals surface area contributed by atoms with Gasteiger partial charge in [-0.05, 0) is 135 Å². The molecular weight excluding hydrogens is 1270 g/mol. The number of nitrogens with two attached hydrogens (primary N) is 2. The number of nitrogens with one attached hydrogen (secondary N) is 6. The molecule has 2 atom stereocenters. The Hall–Kier alpha value is -10.5. The number of aromatic hydroxyl groups is 1. The average Bonchev–Trinajstić information content (AvgIpc) is 0.797. The van der Waals surface area contributed by atoms with Gasteiger partial charge in [0.2, 0.25) is 11.0 Å². The fourth-order valence-electron chi connectivity index (χ4n) is 7.85. The minimum atomic E-state index is -5.34. The van der Waals surface area contributed by atoms with Crippen molar-refractivity contribution in [2.24, 2.45) is 0 Å². The van der Waals surface area contributed by atoms with Crippen molar-refractivity contribution in [1.29, 1.82) is 0 Å². The summed E-state index contributed by atoms with van der Waals surface area (Å²) in [4.78, 5) is 127. The number of hydrogen-bond acceptors (Lipinski definition) is 17. The number of fused-ring (bicyclic) bond motifs is 2. The SMILES string of the molecule is [2H]c1c([2H])c(C[C@H](NC(=O)c2ccc(N(Cc3c[nH+]c4nc(N)[nH]c(=O)c4n3)C(=O)C(F)(F)F)cc2)C(=O)O)c([2H])c([2H])c1O.[2H]c1c([2H])c(OC(C)(C)C)c([2H])c([2H])c1C[C@H](NC(=O)c1ccc(N(Cc2c[nH+]c3nc(N)[nH]c(=O)c3n2)C(=O)C(F)(F)F)cc1)C(=O)OC(C)(C)C.[Cl-].[Cl-]. The summed E-state index contributed by atoms with van der Waals surface area (Å²) in [6.07, 6.45) is -9.63. The van der Waals surface area contributed by atoms with Crippen molar-refractivity contribution in [3.8, 4) is 11.5 Å². The van der Waals surface area contributed by atoms with Crippen LogP contribution in [0.2, 0.25) is 0 Å². The number of amides is 4. The van der Waals surface area contributed by atoms with Gasteiger partial charge in [0, 0.05) is 35.3 Å². The molecule has 92 heavy (non-hydrogen) atoms. The van der Waals surface area contributed by atoms with Crippen molar-refractivity contribution in [2.45, 2.75) is 103 Å². The van der Waals surface area contributed by atoms with Gasteiger partial charge in [-0.15, -0.1) is 0 Å². The summed E-state index contributed by atoms with van der Waals surface area (Å²) < 4.78 is 158. The van der Waals surface area contributed by atoms with E-state index in [4.69, 9.17) is 31.9 Å². The van der Waals surface area contributed by atoms with Crippen LogP contribution in [0.3, 0.4) is 0 Å². The lowest BCUT2D eigenvalue weighted by atomic mass is 10.0. The first kappa shape index (κ1) is 60.4. The molecule has 8 aromatic rings. The second-order valence-corrected chi connectivity index (χ2v) is 21.1. The van der Waals surface area contributed by atoms with Crippen molar-refractivity contribution in [1.82, 2.24) is 40.5 Å². The highest BCUT2D eigenvalue weighted by molar-refractivity contribution is 6.01.